The zero-order valence-corrected chi connectivity index (χ0v) is 10.5. The molecule has 1 atom stereocenters. The quantitative estimate of drug-likeness (QED) is 0.711. The summed E-state index contributed by atoms with van der Waals surface area (Å²) in [5.74, 6) is 0.572. The first-order valence-corrected chi connectivity index (χ1v) is 5.83. The molecule has 1 amide bonds. The van der Waals surface area contributed by atoms with Crippen LogP contribution in [0.2, 0.25) is 0 Å². The van der Waals surface area contributed by atoms with Crippen molar-refractivity contribution in [2.45, 2.75) is 12.5 Å². The molecule has 0 spiro atoms. The molecule has 0 aliphatic carbocycles. The van der Waals surface area contributed by atoms with Crippen LogP contribution in [-0.2, 0) is 9.53 Å². The highest BCUT2D eigenvalue weighted by Gasteiger charge is 2.10. The minimum absolute atomic E-state index is 0.140. The average Bonchev–Trinajstić information content (AvgIpc) is 2.39. The lowest BCUT2D eigenvalue weighted by atomic mass is 10.3. The van der Waals surface area contributed by atoms with E-state index in [9.17, 15) is 4.79 Å². The van der Waals surface area contributed by atoms with Crippen LogP contribution in [0.4, 0.5) is 0 Å². The first kappa shape index (κ1) is 14.5. The van der Waals surface area contributed by atoms with Gasteiger partial charge in [0.25, 0.3) is 0 Å². The van der Waals surface area contributed by atoms with Crippen LogP contribution < -0.4 is 10.1 Å². The van der Waals surface area contributed by atoms with Gasteiger partial charge in [0.05, 0.1) is 32.3 Å². The zero-order valence-electron chi connectivity index (χ0n) is 10.5. The highest BCUT2D eigenvalue weighted by Crippen LogP contribution is 2.08. The molecule has 2 N–H and O–H groups in total. The first-order valence-electron chi connectivity index (χ1n) is 5.83. The Labute approximate surface area is 107 Å². The smallest absolute Gasteiger partial charge is 0.223 e. The summed E-state index contributed by atoms with van der Waals surface area (Å²) >= 11 is 0. The van der Waals surface area contributed by atoms with Gasteiger partial charge in [0, 0.05) is 7.11 Å². The number of para-hydroxylation sites is 1. The summed E-state index contributed by atoms with van der Waals surface area (Å²) < 4.78 is 10.3. The number of carbonyl (C=O) groups excluding carboxylic acids is 1. The van der Waals surface area contributed by atoms with E-state index >= 15 is 0 Å². The van der Waals surface area contributed by atoms with E-state index in [1.165, 1.54) is 7.11 Å². The molecule has 1 unspecified atom stereocenters. The number of amides is 1. The van der Waals surface area contributed by atoms with Gasteiger partial charge in [-0.1, -0.05) is 18.2 Å². The van der Waals surface area contributed by atoms with Crippen LogP contribution in [0.25, 0.3) is 0 Å². The summed E-state index contributed by atoms with van der Waals surface area (Å²) in [6.45, 7) is 0.460. The SMILES string of the molecule is COCC(CO)NC(=O)CCOc1ccccc1. The topological polar surface area (TPSA) is 67.8 Å². The normalized spacial score (nSPS) is 11.9. The van der Waals surface area contributed by atoms with E-state index in [0.29, 0.717) is 13.2 Å². The number of benzene rings is 1. The first-order chi connectivity index (χ1) is 8.76. The van der Waals surface area contributed by atoms with Crippen LogP contribution in [-0.4, -0.2) is 44.0 Å². The van der Waals surface area contributed by atoms with Gasteiger partial charge in [-0.05, 0) is 12.1 Å². The molecule has 0 radical (unpaired) electrons. The predicted octanol–water partition coefficient (Wildman–Crippen LogP) is 0.579. The lowest BCUT2D eigenvalue weighted by Gasteiger charge is -2.15. The maximum Gasteiger partial charge on any atom is 0.223 e. The molecule has 5 heteroatoms. The molecule has 5 nitrogen and oxygen atoms in total. The van der Waals surface area contributed by atoms with E-state index in [1.807, 2.05) is 30.3 Å². The van der Waals surface area contributed by atoms with Gasteiger partial charge in [0.2, 0.25) is 5.91 Å². The third-order valence-electron chi connectivity index (χ3n) is 2.29. The fourth-order valence-electron chi connectivity index (χ4n) is 1.42. The Balaban J connectivity index is 2.20. The van der Waals surface area contributed by atoms with Crippen molar-refractivity contribution in [3.63, 3.8) is 0 Å². The number of aliphatic hydroxyl groups is 1. The van der Waals surface area contributed by atoms with Gasteiger partial charge >= 0.3 is 0 Å². The molecular weight excluding hydrogens is 234 g/mol. The van der Waals surface area contributed by atoms with E-state index < -0.39 is 0 Å². The lowest BCUT2D eigenvalue weighted by molar-refractivity contribution is -0.123. The molecule has 0 aliphatic rings. The van der Waals surface area contributed by atoms with Crippen molar-refractivity contribution in [2.75, 3.05) is 26.9 Å². The highest BCUT2D eigenvalue weighted by atomic mass is 16.5. The molecule has 100 valence electrons. The van der Waals surface area contributed by atoms with E-state index in [1.54, 1.807) is 0 Å². The number of aliphatic hydroxyl groups excluding tert-OH is 1. The molecule has 0 saturated carbocycles. The zero-order chi connectivity index (χ0) is 13.2. The van der Waals surface area contributed by atoms with E-state index in [0.717, 1.165) is 5.75 Å². The monoisotopic (exact) mass is 253 g/mol. The number of ether oxygens (including phenoxy) is 2. The van der Waals surface area contributed by atoms with E-state index in [4.69, 9.17) is 14.6 Å². The third kappa shape index (κ3) is 5.65. The van der Waals surface area contributed by atoms with Crippen LogP contribution in [0.1, 0.15) is 6.42 Å². The average molecular weight is 253 g/mol. The van der Waals surface area contributed by atoms with Crippen molar-refractivity contribution < 1.29 is 19.4 Å². The van der Waals surface area contributed by atoms with E-state index in [-0.39, 0.29) is 25.0 Å². The Morgan fingerprint density at radius 1 is 1.39 bits per heavy atom. The minimum atomic E-state index is -0.362. The molecule has 0 aliphatic heterocycles. The number of methoxy groups -OCH3 is 1. The summed E-state index contributed by atoms with van der Waals surface area (Å²) in [4.78, 5) is 11.5. The number of nitrogens with one attached hydrogen (secondary N) is 1. The minimum Gasteiger partial charge on any atom is -0.493 e. The molecular formula is C13H19NO4. The van der Waals surface area contributed by atoms with Crippen LogP contribution in [0.3, 0.4) is 0 Å². The van der Waals surface area contributed by atoms with Crippen molar-refractivity contribution in [1.29, 1.82) is 0 Å². The number of carbonyl (C=O) groups is 1. The van der Waals surface area contributed by atoms with Crippen molar-refractivity contribution in [3.05, 3.63) is 30.3 Å². The second-order valence-electron chi connectivity index (χ2n) is 3.81. The van der Waals surface area contributed by atoms with Crippen LogP contribution >= 0.6 is 0 Å². The lowest BCUT2D eigenvalue weighted by Crippen LogP contribution is -2.41. The second kappa shape index (κ2) is 8.49. The van der Waals surface area contributed by atoms with E-state index in [2.05, 4.69) is 5.32 Å². The Hall–Kier alpha value is -1.59. The van der Waals surface area contributed by atoms with Gasteiger partial charge in [0.15, 0.2) is 0 Å². The molecule has 1 aromatic rings. The highest BCUT2D eigenvalue weighted by molar-refractivity contribution is 5.76. The molecule has 18 heavy (non-hydrogen) atoms. The molecule has 0 saturated heterocycles. The predicted molar refractivity (Wildman–Crippen MR) is 67.4 cm³/mol. The van der Waals surface area contributed by atoms with Crippen molar-refractivity contribution in [2.24, 2.45) is 0 Å². The second-order valence-corrected chi connectivity index (χ2v) is 3.81. The Kier molecular flexibility index (Phi) is 6.83. The van der Waals surface area contributed by atoms with Gasteiger partial charge in [-0.3, -0.25) is 4.79 Å². The maximum absolute atomic E-state index is 11.5. The maximum atomic E-state index is 11.5. The Morgan fingerprint density at radius 3 is 2.72 bits per heavy atom. The molecule has 0 fully saturated rings. The Bertz CT molecular complexity index is 342. The van der Waals surface area contributed by atoms with Crippen molar-refractivity contribution >= 4 is 5.91 Å². The number of hydrogen-bond acceptors (Lipinski definition) is 4. The molecule has 1 aromatic carbocycles. The van der Waals surface area contributed by atoms with Gasteiger partial charge in [-0.2, -0.15) is 0 Å². The van der Waals surface area contributed by atoms with Gasteiger partial charge < -0.3 is 19.9 Å². The summed E-state index contributed by atoms with van der Waals surface area (Å²) in [5, 5.41) is 11.6. The fourth-order valence-corrected chi connectivity index (χ4v) is 1.42. The standard InChI is InChI=1S/C13H19NO4/c1-17-10-11(9-15)14-13(16)7-8-18-12-5-3-2-4-6-12/h2-6,11,15H,7-10H2,1H3,(H,14,16). The van der Waals surface area contributed by atoms with Crippen LogP contribution in [0.5, 0.6) is 5.75 Å². The molecule has 0 aromatic heterocycles. The third-order valence-corrected chi connectivity index (χ3v) is 2.29. The summed E-state index contributed by atoms with van der Waals surface area (Å²) in [6.07, 6.45) is 0.245. The summed E-state index contributed by atoms with van der Waals surface area (Å²) in [6, 6.07) is 8.94. The van der Waals surface area contributed by atoms with Crippen LogP contribution in [0.15, 0.2) is 30.3 Å². The van der Waals surface area contributed by atoms with Gasteiger partial charge in [-0.25, -0.2) is 0 Å². The van der Waals surface area contributed by atoms with Gasteiger partial charge in [0.1, 0.15) is 5.75 Å². The van der Waals surface area contributed by atoms with Gasteiger partial charge in [-0.15, -0.1) is 0 Å². The molecule has 0 heterocycles. The van der Waals surface area contributed by atoms with Crippen molar-refractivity contribution in [1.82, 2.24) is 5.32 Å². The van der Waals surface area contributed by atoms with Crippen molar-refractivity contribution in [3.8, 4) is 5.75 Å². The number of rotatable bonds is 8. The number of hydrogen-bond donors (Lipinski definition) is 2. The Morgan fingerprint density at radius 2 is 2.11 bits per heavy atom. The van der Waals surface area contributed by atoms with Crippen LogP contribution in [0, 0.1) is 0 Å². The molecule has 1 rings (SSSR count). The summed E-state index contributed by atoms with van der Waals surface area (Å²) in [5.41, 5.74) is 0. The summed E-state index contributed by atoms with van der Waals surface area (Å²) in [7, 11) is 1.52. The fraction of sp³-hybridized carbons (Fsp3) is 0.462. The molecule has 0 bridgehead atoms. The largest absolute Gasteiger partial charge is 0.493 e.